The Hall–Kier alpha value is -0.530. The first kappa shape index (κ1) is 13.5. The van der Waals surface area contributed by atoms with Crippen molar-refractivity contribution in [2.45, 2.75) is 37.9 Å². The molecule has 1 saturated carbocycles. The number of nitrogens with two attached hydrogens (primary N) is 1. The van der Waals surface area contributed by atoms with Gasteiger partial charge in [-0.2, -0.15) is 30.7 Å². The Labute approximate surface area is 86.8 Å². The third kappa shape index (κ3) is 1.49. The quantitative estimate of drug-likeness (QED) is 0.752. The molecular formula is C8H10F7N. The van der Waals surface area contributed by atoms with Crippen LogP contribution in [0, 0.1) is 11.3 Å². The predicted molar refractivity (Wildman–Crippen MR) is 41.2 cm³/mol. The van der Waals surface area contributed by atoms with Crippen molar-refractivity contribution in [2.24, 2.45) is 17.1 Å². The largest absolute Gasteiger partial charge is 0.459 e. The average molecular weight is 253 g/mol. The summed E-state index contributed by atoms with van der Waals surface area (Å²) in [6, 6.07) is -1.37. The van der Waals surface area contributed by atoms with Crippen LogP contribution in [0.5, 0.6) is 0 Å². The van der Waals surface area contributed by atoms with E-state index in [1.165, 1.54) is 0 Å². The van der Waals surface area contributed by atoms with E-state index in [4.69, 9.17) is 5.73 Å². The maximum Gasteiger partial charge on any atom is 0.459 e. The summed E-state index contributed by atoms with van der Waals surface area (Å²) in [6.07, 6.45) is -6.28. The lowest BCUT2D eigenvalue weighted by molar-refractivity contribution is -0.361. The van der Waals surface area contributed by atoms with Gasteiger partial charge in [0.25, 0.3) is 0 Å². The minimum atomic E-state index is -6.28. The van der Waals surface area contributed by atoms with Crippen LogP contribution in [0.4, 0.5) is 30.7 Å². The summed E-state index contributed by atoms with van der Waals surface area (Å²) in [6.45, 7) is 2.26. The van der Waals surface area contributed by atoms with E-state index in [-0.39, 0.29) is 0 Å². The maximum absolute atomic E-state index is 13.1. The smallest absolute Gasteiger partial charge is 0.327 e. The van der Waals surface area contributed by atoms with Crippen LogP contribution in [0.3, 0.4) is 0 Å². The standard InChI is InChI=1S/C8H10F7N/c1-5(2)3(4(5)16)6(9,10)7(11,12)8(13,14)15/h3-4H,16H2,1-2H3/t3-,4-/m0/s1. The lowest BCUT2D eigenvalue weighted by atomic mass is 10.00. The summed E-state index contributed by atoms with van der Waals surface area (Å²) in [7, 11) is 0. The van der Waals surface area contributed by atoms with E-state index >= 15 is 0 Å². The molecule has 0 aromatic rings. The van der Waals surface area contributed by atoms with Crippen molar-refractivity contribution in [3.8, 4) is 0 Å². The van der Waals surface area contributed by atoms with Crippen LogP contribution >= 0.6 is 0 Å². The molecule has 0 unspecified atom stereocenters. The molecule has 0 bridgehead atoms. The van der Waals surface area contributed by atoms with Gasteiger partial charge in [-0.15, -0.1) is 0 Å². The molecule has 0 aliphatic heterocycles. The summed E-state index contributed by atoms with van der Waals surface area (Å²) >= 11 is 0. The van der Waals surface area contributed by atoms with E-state index in [2.05, 4.69) is 0 Å². The Balaban J connectivity index is 3.05. The zero-order valence-corrected chi connectivity index (χ0v) is 8.38. The van der Waals surface area contributed by atoms with Crippen molar-refractivity contribution in [2.75, 3.05) is 0 Å². The minimum Gasteiger partial charge on any atom is -0.327 e. The molecule has 1 fully saturated rings. The summed E-state index contributed by atoms with van der Waals surface area (Å²) in [4.78, 5) is 0. The first-order chi connectivity index (χ1) is 6.78. The van der Waals surface area contributed by atoms with E-state index in [0.717, 1.165) is 13.8 Å². The van der Waals surface area contributed by atoms with Crippen molar-refractivity contribution < 1.29 is 30.7 Å². The number of rotatable bonds is 2. The fraction of sp³-hybridized carbons (Fsp3) is 1.00. The Morgan fingerprint density at radius 1 is 0.938 bits per heavy atom. The zero-order chi connectivity index (χ0) is 13.2. The molecule has 2 atom stereocenters. The third-order valence-corrected chi connectivity index (χ3v) is 3.08. The van der Waals surface area contributed by atoms with Gasteiger partial charge in [-0.3, -0.25) is 0 Å². The molecule has 16 heavy (non-hydrogen) atoms. The van der Waals surface area contributed by atoms with Gasteiger partial charge in [0.05, 0.1) is 5.92 Å². The molecule has 8 heteroatoms. The second kappa shape index (κ2) is 3.02. The molecule has 0 heterocycles. The van der Waals surface area contributed by atoms with E-state index in [0.29, 0.717) is 0 Å². The maximum atomic E-state index is 13.1. The minimum absolute atomic E-state index is 1.13. The SMILES string of the molecule is CC1(C)[C@@H](N)[C@@H]1C(F)(F)C(F)(F)C(F)(F)F. The predicted octanol–water partition coefficient (Wildman–Crippen LogP) is 2.80. The third-order valence-electron chi connectivity index (χ3n) is 3.08. The first-order valence-electron chi connectivity index (χ1n) is 4.36. The lowest BCUT2D eigenvalue weighted by Crippen LogP contribution is -2.54. The van der Waals surface area contributed by atoms with Gasteiger partial charge in [0.2, 0.25) is 0 Å². The topological polar surface area (TPSA) is 26.0 Å². The van der Waals surface area contributed by atoms with Crippen LogP contribution in [0.2, 0.25) is 0 Å². The second-order valence-electron chi connectivity index (χ2n) is 4.52. The normalized spacial score (nSPS) is 30.4. The van der Waals surface area contributed by atoms with Crippen LogP contribution in [-0.4, -0.2) is 24.1 Å². The lowest BCUT2D eigenvalue weighted by Gasteiger charge is -2.29. The van der Waals surface area contributed by atoms with E-state index in [1.54, 1.807) is 0 Å². The fourth-order valence-electron chi connectivity index (χ4n) is 1.75. The number of hydrogen-bond acceptors (Lipinski definition) is 1. The molecule has 1 nitrogen and oxygen atoms in total. The van der Waals surface area contributed by atoms with Crippen molar-refractivity contribution >= 4 is 0 Å². The molecule has 0 radical (unpaired) electrons. The van der Waals surface area contributed by atoms with Crippen molar-refractivity contribution in [1.29, 1.82) is 0 Å². The molecular weight excluding hydrogens is 243 g/mol. The van der Waals surface area contributed by atoms with Crippen LogP contribution in [0.15, 0.2) is 0 Å². The highest BCUT2D eigenvalue weighted by molar-refractivity contribution is 5.18. The van der Waals surface area contributed by atoms with Crippen LogP contribution < -0.4 is 5.73 Å². The summed E-state index contributed by atoms with van der Waals surface area (Å²) in [5.74, 6) is -13.4. The van der Waals surface area contributed by atoms with Crippen LogP contribution in [0.25, 0.3) is 0 Å². The van der Waals surface area contributed by atoms with Crippen molar-refractivity contribution in [1.82, 2.24) is 0 Å². The fourth-order valence-corrected chi connectivity index (χ4v) is 1.75. The Morgan fingerprint density at radius 2 is 1.25 bits per heavy atom. The van der Waals surface area contributed by atoms with Gasteiger partial charge >= 0.3 is 18.0 Å². The average Bonchev–Trinajstić information content (AvgIpc) is 2.48. The van der Waals surface area contributed by atoms with Crippen LogP contribution in [-0.2, 0) is 0 Å². The van der Waals surface area contributed by atoms with Gasteiger partial charge in [-0.1, -0.05) is 13.8 Å². The van der Waals surface area contributed by atoms with Crippen LogP contribution in [0.1, 0.15) is 13.8 Å². The molecule has 0 spiro atoms. The Morgan fingerprint density at radius 3 is 1.44 bits per heavy atom. The highest BCUT2D eigenvalue weighted by atomic mass is 19.4. The molecule has 1 aliphatic carbocycles. The van der Waals surface area contributed by atoms with E-state index in [9.17, 15) is 30.7 Å². The van der Waals surface area contributed by atoms with Gasteiger partial charge in [-0.25, -0.2) is 0 Å². The van der Waals surface area contributed by atoms with Gasteiger partial charge < -0.3 is 5.73 Å². The highest BCUT2D eigenvalue weighted by Gasteiger charge is 2.82. The molecule has 2 N–H and O–H groups in total. The van der Waals surface area contributed by atoms with Gasteiger partial charge in [0.15, 0.2) is 0 Å². The van der Waals surface area contributed by atoms with Gasteiger partial charge in [0, 0.05) is 6.04 Å². The van der Waals surface area contributed by atoms with Gasteiger partial charge in [-0.05, 0) is 5.41 Å². The molecule has 1 rings (SSSR count). The van der Waals surface area contributed by atoms with E-state index < -0.39 is 35.4 Å². The molecule has 0 amide bonds. The molecule has 0 aromatic heterocycles. The molecule has 0 saturated heterocycles. The van der Waals surface area contributed by atoms with E-state index in [1.807, 2.05) is 0 Å². The Bertz CT molecular complexity index is 293. The van der Waals surface area contributed by atoms with Crippen molar-refractivity contribution in [3.05, 3.63) is 0 Å². The molecule has 96 valence electrons. The van der Waals surface area contributed by atoms with Crippen molar-refractivity contribution in [3.63, 3.8) is 0 Å². The number of hydrogen-bond donors (Lipinski definition) is 1. The summed E-state index contributed by atoms with van der Waals surface area (Å²) in [5.41, 5.74) is 3.67. The zero-order valence-electron chi connectivity index (χ0n) is 8.38. The molecule has 0 aromatic carbocycles. The first-order valence-corrected chi connectivity index (χ1v) is 4.36. The Kier molecular flexibility index (Phi) is 2.56. The second-order valence-corrected chi connectivity index (χ2v) is 4.52. The highest BCUT2D eigenvalue weighted by Crippen LogP contribution is 2.64. The summed E-state index contributed by atoms with van der Waals surface area (Å²) < 4.78 is 86.8. The monoisotopic (exact) mass is 253 g/mol. The van der Waals surface area contributed by atoms with Gasteiger partial charge in [0.1, 0.15) is 0 Å². The number of alkyl halides is 7. The molecule has 1 aliphatic rings. The number of halogens is 7. The summed E-state index contributed by atoms with van der Waals surface area (Å²) in [5, 5.41) is 0.